The lowest BCUT2D eigenvalue weighted by Crippen LogP contribution is -2.68. The van der Waals surface area contributed by atoms with Crippen LogP contribution in [0.25, 0.3) is 10.9 Å². The molecule has 3 rings (SSSR count). The molecule has 1 aromatic heterocycles. The van der Waals surface area contributed by atoms with Crippen LogP contribution in [0.1, 0.15) is 37.8 Å². The zero-order valence-electron chi connectivity index (χ0n) is 13.8. The molecule has 0 saturated heterocycles. The van der Waals surface area contributed by atoms with Crippen LogP contribution < -0.4 is 10.9 Å². The first kappa shape index (κ1) is 15.7. The number of fused-ring (bicyclic) bond motifs is 1. The fraction of sp³-hybridized carbons (Fsp3) is 0.471. The molecule has 6 heteroatoms. The lowest BCUT2D eigenvalue weighted by molar-refractivity contribution is -0.177. The largest absolute Gasteiger partial charge is 0.378 e. The molecule has 23 heavy (non-hydrogen) atoms. The maximum Gasteiger partial charge on any atom is 0.287 e. The number of ether oxygens (including phenoxy) is 1. The molecule has 1 fully saturated rings. The van der Waals surface area contributed by atoms with Gasteiger partial charge in [-0.1, -0.05) is 26.0 Å². The number of aromatic amines is 1. The van der Waals surface area contributed by atoms with E-state index < -0.39 is 0 Å². The summed E-state index contributed by atoms with van der Waals surface area (Å²) >= 11 is 0. The van der Waals surface area contributed by atoms with E-state index in [1.807, 2.05) is 6.92 Å². The Labute approximate surface area is 134 Å². The van der Waals surface area contributed by atoms with Crippen LogP contribution in [0.2, 0.25) is 0 Å². The van der Waals surface area contributed by atoms with Crippen molar-refractivity contribution in [3.63, 3.8) is 0 Å². The highest BCUT2D eigenvalue weighted by atomic mass is 16.5. The van der Waals surface area contributed by atoms with Gasteiger partial charge < -0.3 is 15.0 Å². The fourth-order valence-electron chi connectivity index (χ4n) is 3.14. The van der Waals surface area contributed by atoms with Crippen molar-refractivity contribution >= 4 is 16.8 Å². The predicted octanol–water partition coefficient (Wildman–Crippen LogP) is 1.86. The molecule has 2 N–H and O–H groups in total. The molecule has 0 bridgehead atoms. The third-order valence-electron chi connectivity index (χ3n) is 5.41. The highest BCUT2D eigenvalue weighted by Crippen LogP contribution is 2.51. The van der Waals surface area contributed by atoms with Crippen LogP contribution >= 0.6 is 0 Å². The van der Waals surface area contributed by atoms with Gasteiger partial charge in [0.2, 0.25) is 0 Å². The molecule has 1 heterocycles. The topological polar surface area (TPSA) is 84.1 Å². The number of nitrogens with one attached hydrogen (secondary N) is 2. The quantitative estimate of drug-likeness (QED) is 0.905. The average Bonchev–Trinajstić information content (AvgIpc) is 2.54. The van der Waals surface area contributed by atoms with E-state index >= 15 is 0 Å². The van der Waals surface area contributed by atoms with Crippen LogP contribution in [0.4, 0.5) is 0 Å². The van der Waals surface area contributed by atoms with Crippen LogP contribution in [-0.4, -0.2) is 34.6 Å². The molecule has 2 atom stereocenters. The highest BCUT2D eigenvalue weighted by molar-refractivity contribution is 5.92. The number of hydrogen-bond donors (Lipinski definition) is 2. The predicted molar refractivity (Wildman–Crippen MR) is 87.4 cm³/mol. The Kier molecular flexibility index (Phi) is 3.52. The Morgan fingerprint density at radius 2 is 2.04 bits per heavy atom. The average molecular weight is 315 g/mol. The van der Waals surface area contributed by atoms with Gasteiger partial charge in [0.05, 0.1) is 16.5 Å². The van der Waals surface area contributed by atoms with E-state index in [9.17, 15) is 9.59 Å². The van der Waals surface area contributed by atoms with Crippen molar-refractivity contribution in [1.82, 2.24) is 15.3 Å². The van der Waals surface area contributed by atoms with E-state index in [4.69, 9.17) is 4.74 Å². The minimum atomic E-state index is -0.371. The Morgan fingerprint density at radius 3 is 2.70 bits per heavy atom. The van der Waals surface area contributed by atoms with Crippen LogP contribution in [0.5, 0.6) is 0 Å². The third-order valence-corrected chi connectivity index (χ3v) is 5.41. The third kappa shape index (κ3) is 2.34. The molecule has 0 radical (unpaired) electrons. The second kappa shape index (κ2) is 5.16. The van der Waals surface area contributed by atoms with Crippen LogP contribution in [0, 0.1) is 5.41 Å². The van der Waals surface area contributed by atoms with E-state index in [0.717, 1.165) is 6.42 Å². The number of para-hydroxylation sites is 1. The smallest absolute Gasteiger partial charge is 0.287 e. The molecule has 0 spiro atoms. The summed E-state index contributed by atoms with van der Waals surface area (Å²) in [4.78, 5) is 31.3. The summed E-state index contributed by atoms with van der Waals surface area (Å²) in [5.41, 5.74) is -0.268. The van der Waals surface area contributed by atoms with Crippen molar-refractivity contribution in [2.45, 2.75) is 38.8 Å². The number of H-pyrrole nitrogens is 1. The molecule has 6 nitrogen and oxygen atoms in total. The van der Waals surface area contributed by atoms with Crippen molar-refractivity contribution < 1.29 is 9.53 Å². The van der Waals surface area contributed by atoms with E-state index in [0.29, 0.717) is 10.9 Å². The number of amides is 1. The number of aromatic nitrogens is 2. The molecular formula is C17H21N3O3. The summed E-state index contributed by atoms with van der Waals surface area (Å²) in [5, 5.41) is 3.42. The molecule has 1 aliphatic rings. The Balaban J connectivity index is 1.84. The molecular weight excluding hydrogens is 294 g/mol. The maximum atomic E-state index is 12.4. The van der Waals surface area contributed by atoms with Gasteiger partial charge in [-0.25, -0.2) is 4.98 Å². The van der Waals surface area contributed by atoms with Crippen molar-refractivity contribution in [2.75, 3.05) is 7.11 Å². The minimum absolute atomic E-state index is 0.0308. The summed E-state index contributed by atoms with van der Waals surface area (Å²) in [6, 6.07) is 6.92. The number of methoxy groups -OCH3 is 1. The molecule has 0 aliphatic heterocycles. The summed E-state index contributed by atoms with van der Waals surface area (Å²) in [5.74, 6) is -0.334. The van der Waals surface area contributed by atoms with E-state index in [2.05, 4.69) is 29.1 Å². The molecule has 2 aromatic rings. The zero-order chi connectivity index (χ0) is 16.8. The molecule has 1 saturated carbocycles. The number of carbonyl (C=O) groups is 1. The number of hydrogen-bond acceptors (Lipinski definition) is 4. The Bertz CT molecular complexity index is 827. The molecule has 1 aromatic carbocycles. The minimum Gasteiger partial charge on any atom is -0.378 e. The van der Waals surface area contributed by atoms with Crippen molar-refractivity contribution in [3.8, 4) is 0 Å². The first-order valence-corrected chi connectivity index (χ1v) is 7.63. The van der Waals surface area contributed by atoms with Gasteiger partial charge >= 0.3 is 0 Å². The van der Waals surface area contributed by atoms with Crippen molar-refractivity contribution in [3.05, 3.63) is 40.4 Å². The zero-order valence-corrected chi connectivity index (χ0v) is 13.8. The molecule has 0 unspecified atom stereocenters. The summed E-state index contributed by atoms with van der Waals surface area (Å²) in [6.45, 7) is 6.15. The number of benzene rings is 1. The lowest BCUT2D eigenvalue weighted by atomic mass is 9.56. The second-order valence-corrected chi connectivity index (χ2v) is 6.82. The van der Waals surface area contributed by atoms with Crippen LogP contribution in [0.15, 0.2) is 29.1 Å². The van der Waals surface area contributed by atoms with E-state index in [1.54, 1.807) is 31.4 Å². The van der Waals surface area contributed by atoms with Gasteiger partial charge in [-0.05, 0) is 25.5 Å². The summed E-state index contributed by atoms with van der Waals surface area (Å²) in [6.07, 6.45) is 0.722. The van der Waals surface area contributed by atoms with Crippen LogP contribution in [0.3, 0.4) is 0 Å². The lowest BCUT2D eigenvalue weighted by Gasteiger charge is -2.59. The first-order valence-electron chi connectivity index (χ1n) is 7.63. The van der Waals surface area contributed by atoms with Crippen molar-refractivity contribution in [2.24, 2.45) is 5.41 Å². The normalized spacial score (nSPS) is 25.8. The number of carbonyl (C=O) groups excluding carboxylic acids is 1. The van der Waals surface area contributed by atoms with Gasteiger partial charge in [0.15, 0.2) is 5.82 Å². The molecule has 1 amide bonds. The fourth-order valence-corrected chi connectivity index (χ4v) is 3.14. The highest BCUT2D eigenvalue weighted by Gasteiger charge is 2.58. The molecule has 1 aliphatic carbocycles. The standard InChI is InChI=1S/C17H21N3O3/c1-16(2)12(9-17(16,3)23-4)19-15(22)13-18-11-8-6-5-7-10(11)14(21)20-13/h5-8,12H,9H2,1-4H3,(H,19,22)(H,18,20,21)/t12-,17-/m0/s1. The van der Waals surface area contributed by atoms with Gasteiger partial charge in [0, 0.05) is 18.6 Å². The number of nitrogens with zero attached hydrogens (tertiary/aromatic N) is 1. The SMILES string of the molecule is CO[C@@]1(C)C[C@H](NC(=O)c2nc3ccccc3c(=O)[nH]2)C1(C)C. The maximum absolute atomic E-state index is 12.4. The van der Waals surface area contributed by atoms with Gasteiger partial charge in [-0.15, -0.1) is 0 Å². The second-order valence-electron chi connectivity index (χ2n) is 6.82. The Morgan fingerprint density at radius 1 is 1.35 bits per heavy atom. The van der Waals surface area contributed by atoms with Crippen molar-refractivity contribution in [1.29, 1.82) is 0 Å². The summed E-state index contributed by atoms with van der Waals surface area (Å²) in [7, 11) is 1.68. The number of rotatable bonds is 3. The monoisotopic (exact) mass is 315 g/mol. The van der Waals surface area contributed by atoms with Gasteiger partial charge in [0.1, 0.15) is 0 Å². The van der Waals surface area contributed by atoms with E-state index in [-0.39, 0.29) is 34.3 Å². The van der Waals surface area contributed by atoms with E-state index in [1.165, 1.54) is 0 Å². The van der Waals surface area contributed by atoms with Gasteiger partial charge in [-0.3, -0.25) is 9.59 Å². The Hall–Kier alpha value is -2.21. The van der Waals surface area contributed by atoms with Gasteiger partial charge in [0.25, 0.3) is 11.5 Å². The van der Waals surface area contributed by atoms with Crippen LogP contribution in [-0.2, 0) is 4.74 Å². The molecule has 122 valence electrons. The summed E-state index contributed by atoms with van der Waals surface area (Å²) < 4.78 is 5.56. The first-order chi connectivity index (χ1) is 10.8. The van der Waals surface area contributed by atoms with Gasteiger partial charge in [-0.2, -0.15) is 0 Å².